The first-order chi connectivity index (χ1) is 9.79. The van der Waals surface area contributed by atoms with Crippen LogP contribution in [0, 0.1) is 6.92 Å². The predicted molar refractivity (Wildman–Crippen MR) is 83.6 cm³/mol. The number of carboxylic acids is 1. The smallest absolute Gasteiger partial charge is 0.335 e. The zero-order valence-corrected chi connectivity index (χ0v) is 14.5. The van der Waals surface area contributed by atoms with Crippen LogP contribution in [-0.4, -0.2) is 38.5 Å². The molecule has 0 saturated heterocycles. The summed E-state index contributed by atoms with van der Waals surface area (Å²) in [4.78, 5) is 11.1. The van der Waals surface area contributed by atoms with Gasteiger partial charge in [-0.3, -0.25) is 0 Å². The van der Waals surface area contributed by atoms with Crippen LogP contribution in [0.5, 0.6) is 0 Å². The van der Waals surface area contributed by atoms with Gasteiger partial charge < -0.3 is 9.84 Å². The summed E-state index contributed by atoms with van der Waals surface area (Å²) >= 11 is 3.20. The predicted octanol–water partition coefficient (Wildman–Crippen LogP) is 3.05. The highest BCUT2D eigenvalue weighted by molar-refractivity contribution is 9.10. The molecule has 1 N–H and O–H groups in total. The van der Waals surface area contributed by atoms with Crippen LogP contribution in [-0.2, 0) is 14.6 Å². The Bertz CT molecular complexity index is 610. The van der Waals surface area contributed by atoms with Crippen molar-refractivity contribution >= 4 is 31.7 Å². The van der Waals surface area contributed by atoms with Crippen molar-refractivity contribution in [3.8, 4) is 0 Å². The summed E-state index contributed by atoms with van der Waals surface area (Å²) in [5.41, 5.74) is 0.450. The lowest BCUT2D eigenvalue weighted by Gasteiger charge is -2.11. The molecule has 0 spiro atoms. The number of sulfone groups is 1. The molecular weight excluding hydrogens is 360 g/mol. The summed E-state index contributed by atoms with van der Waals surface area (Å²) < 4.78 is 30.4. The number of carbonyl (C=O) groups is 1. The molecular formula is C14H19BrO5S. The number of hydrogen-bond acceptors (Lipinski definition) is 4. The van der Waals surface area contributed by atoms with Crippen LogP contribution >= 0.6 is 15.9 Å². The summed E-state index contributed by atoms with van der Waals surface area (Å²) in [5.74, 6) is -1.32. The highest BCUT2D eigenvalue weighted by Gasteiger charge is 2.21. The Balaban J connectivity index is 2.94. The van der Waals surface area contributed by atoms with Gasteiger partial charge in [-0.15, -0.1) is 0 Å². The van der Waals surface area contributed by atoms with E-state index in [1.165, 1.54) is 12.1 Å². The van der Waals surface area contributed by atoms with E-state index >= 15 is 0 Å². The third-order valence-electron chi connectivity index (χ3n) is 3.02. The van der Waals surface area contributed by atoms with E-state index < -0.39 is 15.8 Å². The monoisotopic (exact) mass is 378 g/mol. The lowest BCUT2D eigenvalue weighted by atomic mass is 10.1. The van der Waals surface area contributed by atoms with Gasteiger partial charge in [-0.2, -0.15) is 0 Å². The average molecular weight is 379 g/mol. The molecule has 1 aromatic rings. The van der Waals surface area contributed by atoms with Gasteiger partial charge in [0.15, 0.2) is 9.84 Å². The Kier molecular flexibility index (Phi) is 6.83. The standard InChI is InChI=1S/C14H19BrO5S/c1-3-4-5-20-6-7-21(18,19)13-9-11(14(16)17)8-12(15)10(13)2/h8-9H,3-7H2,1-2H3,(H,16,17). The molecule has 0 heterocycles. The Morgan fingerprint density at radius 2 is 2.00 bits per heavy atom. The molecule has 7 heteroatoms. The quantitative estimate of drug-likeness (QED) is 0.703. The van der Waals surface area contributed by atoms with E-state index in [0.717, 1.165) is 12.8 Å². The van der Waals surface area contributed by atoms with Crippen LogP contribution in [0.3, 0.4) is 0 Å². The number of halogens is 1. The zero-order chi connectivity index (χ0) is 16.0. The molecule has 21 heavy (non-hydrogen) atoms. The Hall–Kier alpha value is -0.920. The van der Waals surface area contributed by atoms with Crippen molar-refractivity contribution in [3.63, 3.8) is 0 Å². The average Bonchev–Trinajstić information content (AvgIpc) is 2.40. The minimum absolute atomic E-state index is 0.0355. The van der Waals surface area contributed by atoms with E-state index in [-0.39, 0.29) is 22.8 Å². The van der Waals surface area contributed by atoms with Crippen LogP contribution < -0.4 is 0 Å². The van der Waals surface area contributed by atoms with Gasteiger partial charge in [-0.1, -0.05) is 29.3 Å². The van der Waals surface area contributed by atoms with E-state index in [9.17, 15) is 13.2 Å². The number of rotatable bonds is 8. The van der Waals surface area contributed by atoms with Crippen LogP contribution in [0.15, 0.2) is 21.5 Å². The maximum absolute atomic E-state index is 12.3. The summed E-state index contributed by atoms with van der Waals surface area (Å²) in [5, 5.41) is 9.02. The third-order valence-corrected chi connectivity index (χ3v) is 5.64. The highest BCUT2D eigenvalue weighted by atomic mass is 79.9. The first-order valence-corrected chi connectivity index (χ1v) is 9.08. The van der Waals surface area contributed by atoms with Gasteiger partial charge in [0.25, 0.3) is 0 Å². The zero-order valence-electron chi connectivity index (χ0n) is 12.1. The fraction of sp³-hybridized carbons (Fsp3) is 0.500. The van der Waals surface area contributed by atoms with Crippen molar-refractivity contribution in [2.24, 2.45) is 0 Å². The number of hydrogen-bond donors (Lipinski definition) is 1. The van der Waals surface area contributed by atoms with Crippen molar-refractivity contribution in [1.29, 1.82) is 0 Å². The van der Waals surface area contributed by atoms with Gasteiger partial charge >= 0.3 is 5.97 Å². The number of benzene rings is 1. The molecule has 0 radical (unpaired) electrons. The molecule has 5 nitrogen and oxygen atoms in total. The summed E-state index contributed by atoms with van der Waals surface area (Å²) in [7, 11) is -3.57. The SMILES string of the molecule is CCCCOCCS(=O)(=O)c1cc(C(=O)O)cc(Br)c1C. The Labute approximate surface area is 133 Å². The lowest BCUT2D eigenvalue weighted by molar-refractivity contribution is 0.0696. The lowest BCUT2D eigenvalue weighted by Crippen LogP contribution is -2.15. The molecule has 0 aliphatic rings. The number of carboxylic acid groups (broad SMARTS) is 1. The van der Waals surface area contributed by atoms with Crippen molar-refractivity contribution in [3.05, 3.63) is 27.7 Å². The molecule has 1 rings (SSSR count). The van der Waals surface area contributed by atoms with Crippen LogP contribution in [0.1, 0.15) is 35.7 Å². The fourth-order valence-electron chi connectivity index (χ4n) is 1.73. The van der Waals surface area contributed by atoms with Crippen LogP contribution in [0.25, 0.3) is 0 Å². The number of ether oxygens (including phenoxy) is 1. The molecule has 0 unspecified atom stereocenters. The first-order valence-electron chi connectivity index (χ1n) is 6.63. The van der Waals surface area contributed by atoms with E-state index in [4.69, 9.17) is 9.84 Å². The summed E-state index contributed by atoms with van der Waals surface area (Å²) in [6.45, 7) is 4.31. The second kappa shape index (κ2) is 7.91. The second-order valence-electron chi connectivity index (χ2n) is 4.67. The van der Waals surface area contributed by atoms with Gasteiger partial charge in [0.2, 0.25) is 0 Å². The Morgan fingerprint density at radius 3 is 2.57 bits per heavy atom. The van der Waals surface area contributed by atoms with E-state index in [1.807, 2.05) is 6.92 Å². The number of unbranched alkanes of at least 4 members (excludes halogenated alkanes) is 1. The molecule has 0 amide bonds. The van der Waals surface area contributed by atoms with Gasteiger partial charge in [0, 0.05) is 11.1 Å². The van der Waals surface area contributed by atoms with E-state index in [1.54, 1.807) is 6.92 Å². The van der Waals surface area contributed by atoms with Crippen molar-refractivity contribution < 1.29 is 23.1 Å². The number of aromatic carboxylic acids is 1. The van der Waals surface area contributed by atoms with Gasteiger partial charge in [-0.25, -0.2) is 13.2 Å². The van der Waals surface area contributed by atoms with Gasteiger partial charge in [-0.05, 0) is 31.0 Å². The van der Waals surface area contributed by atoms with Crippen molar-refractivity contribution in [1.82, 2.24) is 0 Å². The molecule has 0 saturated carbocycles. The molecule has 0 atom stereocenters. The minimum atomic E-state index is -3.57. The van der Waals surface area contributed by atoms with Gasteiger partial charge in [0.05, 0.1) is 22.8 Å². The summed E-state index contributed by atoms with van der Waals surface area (Å²) in [6, 6.07) is 2.60. The molecule has 1 aromatic carbocycles. The molecule has 0 bridgehead atoms. The molecule has 0 aliphatic heterocycles. The second-order valence-corrected chi connectivity index (χ2v) is 7.60. The van der Waals surface area contributed by atoms with E-state index in [2.05, 4.69) is 15.9 Å². The first kappa shape index (κ1) is 18.1. The van der Waals surface area contributed by atoms with Crippen molar-refractivity contribution in [2.75, 3.05) is 19.0 Å². The minimum Gasteiger partial charge on any atom is -0.478 e. The molecule has 0 aliphatic carbocycles. The molecule has 118 valence electrons. The van der Waals surface area contributed by atoms with E-state index in [0.29, 0.717) is 16.6 Å². The molecule has 0 aromatic heterocycles. The van der Waals surface area contributed by atoms with Crippen LogP contribution in [0.2, 0.25) is 0 Å². The fourth-order valence-corrected chi connectivity index (χ4v) is 3.76. The third kappa shape index (κ3) is 5.09. The van der Waals surface area contributed by atoms with Crippen LogP contribution in [0.4, 0.5) is 0 Å². The van der Waals surface area contributed by atoms with Gasteiger partial charge in [0.1, 0.15) is 0 Å². The summed E-state index contributed by atoms with van der Waals surface area (Å²) in [6.07, 6.45) is 1.87. The maximum Gasteiger partial charge on any atom is 0.335 e. The molecule has 0 fully saturated rings. The topological polar surface area (TPSA) is 80.7 Å². The highest BCUT2D eigenvalue weighted by Crippen LogP contribution is 2.26. The normalized spacial score (nSPS) is 11.6. The Morgan fingerprint density at radius 1 is 1.33 bits per heavy atom. The maximum atomic E-state index is 12.3. The largest absolute Gasteiger partial charge is 0.478 e. The van der Waals surface area contributed by atoms with Crippen molar-refractivity contribution in [2.45, 2.75) is 31.6 Å².